The first-order valence-corrected chi connectivity index (χ1v) is 10.6. The fourth-order valence-electron chi connectivity index (χ4n) is 2.76. The van der Waals surface area contributed by atoms with E-state index in [0.717, 1.165) is 36.8 Å². The average Bonchev–Trinajstić information content (AvgIpc) is 2.74. The second kappa shape index (κ2) is 13.3. The molecule has 148 valence electrons. The molecular weight excluding hydrogens is 386 g/mol. The van der Waals surface area contributed by atoms with E-state index in [1.54, 1.807) is 0 Å². The number of thioether (sulfide) groups is 1. The van der Waals surface area contributed by atoms with Crippen molar-refractivity contribution < 1.29 is 4.74 Å². The van der Waals surface area contributed by atoms with E-state index < -0.39 is 0 Å². The van der Waals surface area contributed by atoms with Gasteiger partial charge in [0.2, 0.25) is 0 Å². The largest absolute Gasteiger partial charge is 0.489 e. The number of halogens is 1. The van der Waals surface area contributed by atoms with Crippen molar-refractivity contribution in [1.82, 2.24) is 5.32 Å². The molecule has 28 heavy (non-hydrogen) atoms. The molecule has 1 N–H and O–H groups in total. The molecule has 0 saturated carbocycles. The molecular formula is C24H28ClNOS. The van der Waals surface area contributed by atoms with Gasteiger partial charge in [-0.2, -0.15) is 11.8 Å². The summed E-state index contributed by atoms with van der Waals surface area (Å²) in [7, 11) is 0. The highest BCUT2D eigenvalue weighted by atomic mass is 35.5. The van der Waals surface area contributed by atoms with Gasteiger partial charge in [0, 0.05) is 18.1 Å². The van der Waals surface area contributed by atoms with Crippen LogP contribution in [0.25, 0.3) is 0 Å². The maximum absolute atomic E-state index is 5.84. The number of hydrogen-bond donors (Lipinski definition) is 1. The van der Waals surface area contributed by atoms with Crippen LogP contribution in [0.3, 0.4) is 0 Å². The van der Waals surface area contributed by atoms with Crippen molar-refractivity contribution in [1.29, 1.82) is 0 Å². The summed E-state index contributed by atoms with van der Waals surface area (Å²) in [6.07, 6.45) is 1.04. The number of ether oxygens (including phenoxy) is 1. The van der Waals surface area contributed by atoms with E-state index >= 15 is 0 Å². The van der Waals surface area contributed by atoms with Gasteiger partial charge in [-0.15, -0.1) is 12.4 Å². The lowest BCUT2D eigenvalue weighted by atomic mass is 10.1. The van der Waals surface area contributed by atoms with Gasteiger partial charge in [0.1, 0.15) is 12.4 Å². The summed E-state index contributed by atoms with van der Waals surface area (Å²) in [6.45, 7) is 2.67. The zero-order valence-electron chi connectivity index (χ0n) is 16.1. The Balaban J connectivity index is 0.00000280. The lowest BCUT2D eigenvalue weighted by Gasteiger charge is -2.08. The topological polar surface area (TPSA) is 21.3 Å². The quantitative estimate of drug-likeness (QED) is 0.404. The standard InChI is InChI=1S/C24H27NOS.ClH/c1-3-7-22(8-4-1)19-26-24-13-11-21(12-14-24)15-16-25-17-18-27-20-23-9-5-2-6-10-23;/h1-14,25H,15-20H2;1H. The van der Waals surface area contributed by atoms with Gasteiger partial charge < -0.3 is 10.1 Å². The molecule has 0 aliphatic heterocycles. The van der Waals surface area contributed by atoms with Crippen LogP contribution in [0.15, 0.2) is 84.9 Å². The highest BCUT2D eigenvalue weighted by Gasteiger charge is 1.98. The van der Waals surface area contributed by atoms with Crippen molar-refractivity contribution in [2.75, 3.05) is 18.8 Å². The fourth-order valence-corrected chi connectivity index (χ4v) is 3.62. The minimum atomic E-state index is 0. The van der Waals surface area contributed by atoms with E-state index in [2.05, 4.69) is 72.0 Å². The van der Waals surface area contributed by atoms with Gasteiger partial charge in [-0.3, -0.25) is 0 Å². The Morgan fingerprint density at radius 1 is 0.679 bits per heavy atom. The molecule has 0 bridgehead atoms. The normalized spacial score (nSPS) is 10.3. The van der Waals surface area contributed by atoms with Crippen molar-refractivity contribution in [3.8, 4) is 5.75 Å². The molecule has 0 spiro atoms. The number of nitrogens with one attached hydrogen (secondary N) is 1. The van der Waals surface area contributed by atoms with Gasteiger partial charge in [-0.05, 0) is 41.8 Å². The Morgan fingerprint density at radius 2 is 1.32 bits per heavy atom. The van der Waals surface area contributed by atoms with Gasteiger partial charge >= 0.3 is 0 Å². The minimum absolute atomic E-state index is 0. The number of hydrogen-bond acceptors (Lipinski definition) is 3. The average molecular weight is 414 g/mol. The molecule has 3 aromatic carbocycles. The van der Waals surface area contributed by atoms with Crippen LogP contribution < -0.4 is 10.1 Å². The molecule has 0 aromatic heterocycles. The third-order valence-corrected chi connectivity index (χ3v) is 5.33. The number of rotatable bonds is 11. The van der Waals surface area contributed by atoms with Crippen molar-refractivity contribution in [2.24, 2.45) is 0 Å². The third-order valence-electron chi connectivity index (χ3n) is 4.30. The molecule has 0 amide bonds. The summed E-state index contributed by atoms with van der Waals surface area (Å²) in [5.74, 6) is 3.15. The van der Waals surface area contributed by atoms with Crippen LogP contribution in [0.1, 0.15) is 16.7 Å². The van der Waals surface area contributed by atoms with E-state index in [1.807, 2.05) is 30.0 Å². The molecule has 0 radical (unpaired) electrons. The predicted molar refractivity (Wildman–Crippen MR) is 124 cm³/mol. The van der Waals surface area contributed by atoms with Gasteiger partial charge in [0.25, 0.3) is 0 Å². The Labute approximate surface area is 179 Å². The monoisotopic (exact) mass is 413 g/mol. The molecule has 0 saturated heterocycles. The van der Waals surface area contributed by atoms with E-state index in [0.29, 0.717) is 6.61 Å². The van der Waals surface area contributed by atoms with Crippen LogP contribution in [0.2, 0.25) is 0 Å². The van der Waals surface area contributed by atoms with Gasteiger partial charge in [0.15, 0.2) is 0 Å². The van der Waals surface area contributed by atoms with Crippen LogP contribution in [-0.2, 0) is 18.8 Å². The van der Waals surface area contributed by atoms with E-state index in [9.17, 15) is 0 Å². The van der Waals surface area contributed by atoms with Crippen molar-refractivity contribution in [2.45, 2.75) is 18.8 Å². The summed E-state index contributed by atoms with van der Waals surface area (Å²) in [5, 5.41) is 3.53. The SMILES string of the molecule is Cl.c1ccc(COc2ccc(CCNCCSCc3ccccc3)cc2)cc1. The molecule has 2 nitrogen and oxygen atoms in total. The summed E-state index contributed by atoms with van der Waals surface area (Å²) >= 11 is 1.98. The summed E-state index contributed by atoms with van der Waals surface area (Å²) in [5.41, 5.74) is 3.93. The molecule has 0 atom stereocenters. The summed E-state index contributed by atoms with van der Waals surface area (Å²) in [6, 6.07) is 29.4. The van der Waals surface area contributed by atoms with Crippen LogP contribution in [0.5, 0.6) is 5.75 Å². The molecule has 0 fully saturated rings. The van der Waals surface area contributed by atoms with Crippen molar-refractivity contribution in [3.05, 3.63) is 102 Å². The van der Waals surface area contributed by atoms with Gasteiger partial charge in [-0.25, -0.2) is 0 Å². The first kappa shape index (κ1) is 22.4. The first-order valence-electron chi connectivity index (χ1n) is 9.48. The Kier molecular flexibility index (Phi) is 10.6. The Bertz CT molecular complexity index is 766. The second-order valence-electron chi connectivity index (χ2n) is 6.46. The molecule has 0 unspecified atom stereocenters. The van der Waals surface area contributed by atoms with Gasteiger partial charge in [0.05, 0.1) is 0 Å². The maximum atomic E-state index is 5.84. The Morgan fingerprint density at radius 3 is 2.00 bits per heavy atom. The molecule has 0 aliphatic carbocycles. The van der Waals surface area contributed by atoms with Gasteiger partial charge in [-0.1, -0.05) is 72.8 Å². The van der Waals surface area contributed by atoms with Crippen LogP contribution in [0, 0.1) is 0 Å². The Hall–Kier alpha value is -1.94. The fraction of sp³-hybridized carbons (Fsp3) is 0.250. The minimum Gasteiger partial charge on any atom is -0.489 e. The lowest BCUT2D eigenvalue weighted by molar-refractivity contribution is 0.306. The molecule has 0 aliphatic rings. The zero-order chi connectivity index (χ0) is 18.6. The highest BCUT2D eigenvalue weighted by molar-refractivity contribution is 7.98. The zero-order valence-corrected chi connectivity index (χ0v) is 17.7. The second-order valence-corrected chi connectivity index (χ2v) is 7.56. The van der Waals surface area contributed by atoms with Crippen LogP contribution in [-0.4, -0.2) is 18.8 Å². The maximum Gasteiger partial charge on any atom is 0.119 e. The molecule has 3 aromatic rings. The smallest absolute Gasteiger partial charge is 0.119 e. The predicted octanol–water partition coefficient (Wildman–Crippen LogP) is 5.75. The van der Waals surface area contributed by atoms with E-state index in [4.69, 9.17) is 4.74 Å². The van der Waals surface area contributed by atoms with Crippen molar-refractivity contribution >= 4 is 24.2 Å². The van der Waals surface area contributed by atoms with Crippen LogP contribution in [0.4, 0.5) is 0 Å². The molecule has 3 rings (SSSR count). The summed E-state index contributed by atoms with van der Waals surface area (Å²) < 4.78 is 5.84. The van der Waals surface area contributed by atoms with Crippen molar-refractivity contribution in [3.63, 3.8) is 0 Å². The number of benzene rings is 3. The summed E-state index contributed by atoms with van der Waals surface area (Å²) in [4.78, 5) is 0. The van der Waals surface area contributed by atoms with Crippen LogP contribution >= 0.6 is 24.2 Å². The molecule has 4 heteroatoms. The highest BCUT2D eigenvalue weighted by Crippen LogP contribution is 2.14. The van der Waals surface area contributed by atoms with E-state index in [1.165, 1.54) is 16.7 Å². The lowest BCUT2D eigenvalue weighted by Crippen LogP contribution is -2.20. The van der Waals surface area contributed by atoms with E-state index in [-0.39, 0.29) is 12.4 Å². The third kappa shape index (κ3) is 8.39. The molecule has 0 heterocycles. The first-order chi connectivity index (χ1) is 13.4.